The number of anilines is 1. The number of fused-ring (bicyclic) bond motifs is 1. The molecule has 0 bridgehead atoms. The van der Waals surface area contributed by atoms with Gasteiger partial charge in [0.25, 0.3) is 0 Å². The maximum atomic E-state index is 12.3. The summed E-state index contributed by atoms with van der Waals surface area (Å²) in [6.07, 6.45) is 1.75. The second-order valence-electron chi connectivity index (χ2n) is 5.81. The van der Waals surface area contributed by atoms with Crippen LogP contribution in [0.3, 0.4) is 0 Å². The smallest absolute Gasteiger partial charge is 0.231 e. The van der Waals surface area contributed by atoms with Crippen molar-refractivity contribution in [3.8, 4) is 11.5 Å². The normalized spacial score (nSPS) is 18.6. The fourth-order valence-corrected chi connectivity index (χ4v) is 3.83. The maximum Gasteiger partial charge on any atom is 0.231 e. The molecule has 0 aromatic heterocycles. The van der Waals surface area contributed by atoms with Crippen LogP contribution in [0.5, 0.6) is 11.5 Å². The Hall–Kier alpha value is -2.40. The summed E-state index contributed by atoms with van der Waals surface area (Å²) < 4.78 is 5.59. The molecule has 0 amide bonds. The van der Waals surface area contributed by atoms with E-state index in [2.05, 4.69) is 17.0 Å². The van der Waals surface area contributed by atoms with Gasteiger partial charge in [0.1, 0.15) is 11.5 Å². The van der Waals surface area contributed by atoms with Gasteiger partial charge in [-0.05, 0) is 35.9 Å². The summed E-state index contributed by atoms with van der Waals surface area (Å²) in [5, 5.41) is 9.50. The largest absolute Gasteiger partial charge is 0.508 e. The van der Waals surface area contributed by atoms with E-state index in [1.807, 2.05) is 23.9 Å². The van der Waals surface area contributed by atoms with Gasteiger partial charge >= 0.3 is 0 Å². The van der Waals surface area contributed by atoms with E-state index in [4.69, 9.17) is 4.74 Å². The molecule has 5 heteroatoms. The topological polar surface area (TPSA) is 49.8 Å². The summed E-state index contributed by atoms with van der Waals surface area (Å²) in [5.41, 5.74) is 2.62. The lowest BCUT2D eigenvalue weighted by atomic mass is 10.1. The van der Waals surface area contributed by atoms with Gasteiger partial charge in [-0.3, -0.25) is 4.79 Å². The van der Waals surface area contributed by atoms with Crippen molar-refractivity contribution in [3.63, 3.8) is 0 Å². The number of carbonyl (C=O) groups is 1. The SMILES string of the molecule is O=C1/C(=C/c2ccc(N3CCSCC3)cc2)Oc2cc(O)ccc21. The number of aromatic hydroxyl groups is 1. The van der Waals surface area contributed by atoms with Crippen LogP contribution in [0.25, 0.3) is 6.08 Å². The summed E-state index contributed by atoms with van der Waals surface area (Å²) in [6, 6.07) is 12.7. The van der Waals surface area contributed by atoms with Crippen LogP contribution in [0.4, 0.5) is 5.69 Å². The molecule has 0 atom stereocenters. The highest BCUT2D eigenvalue weighted by molar-refractivity contribution is 7.99. The zero-order valence-electron chi connectivity index (χ0n) is 13.1. The molecule has 24 heavy (non-hydrogen) atoms. The minimum atomic E-state index is -0.151. The van der Waals surface area contributed by atoms with E-state index in [1.165, 1.54) is 29.3 Å². The Morgan fingerprint density at radius 1 is 1.08 bits per heavy atom. The number of benzene rings is 2. The molecule has 2 aromatic rings. The van der Waals surface area contributed by atoms with Crippen molar-refractivity contribution in [1.29, 1.82) is 0 Å². The lowest BCUT2D eigenvalue weighted by molar-refractivity contribution is 0.101. The van der Waals surface area contributed by atoms with Gasteiger partial charge in [0.2, 0.25) is 5.78 Å². The molecule has 4 nitrogen and oxygen atoms in total. The number of hydrogen-bond acceptors (Lipinski definition) is 5. The van der Waals surface area contributed by atoms with Crippen LogP contribution in [0, 0.1) is 0 Å². The van der Waals surface area contributed by atoms with Crippen molar-refractivity contribution < 1.29 is 14.6 Å². The van der Waals surface area contributed by atoms with Gasteiger partial charge < -0.3 is 14.7 Å². The van der Waals surface area contributed by atoms with E-state index in [0.29, 0.717) is 11.3 Å². The van der Waals surface area contributed by atoms with Crippen molar-refractivity contribution in [2.24, 2.45) is 0 Å². The molecule has 0 aliphatic carbocycles. The van der Waals surface area contributed by atoms with Gasteiger partial charge in [0, 0.05) is 36.3 Å². The van der Waals surface area contributed by atoms with Crippen molar-refractivity contribution in [2.45, 2.75) is 0 Å². The Morgan fingerprint density at radius 2 is 1.83 bits per heavy atom. The standard InChI is InChI=1S/C19H17NO3S/c21-15-5-6-16-17(12-15)23-18(19(16)22)11-13-1-3-14(4-2-13)20-7-9-24-10-8-20/h1-6,11-12,21H,7-10H2/b18-11-. The number of thioether (sulfide) groups is 1. The summed E-state index contributed by atoms with van der Waals surface area (Å²) in [5.74, 6) is 2.97. The fraction of sp³-hybridized carbons (Fsp3) is 0.211. The number of nitrogens with zero attached hydrogens (tertiary/aromatic N) is 1. The second-order valence-corrected chi connectivity index (χ2v) is 7.04. The number of allylic oxidation sites excluding steroid dienone is 1. The summed E-state index contributed by atoms with van der Waals surface area (Å²) >= 11 is 1.99. The lowest BCUT2D eigenvalue weighted by Gasteiger charge is -2.28. The van der Waals surface area contributed by atoms with E-state index in [9.17, 15) is 9.90 Å². The Labute approximate surface area is 144 Å². The van der Waals surface area contributed by atoms with E-state index in [-0.39, 0.29) is 17.3 Å². The summed E-state index contributed by atoms with van der Waals surface area (Å²) in [7, 11) is 0. The highest BCUT2D eigenvalue weighted by Crippen LogP contribution is 2.34. The van der Waals surface area contributed by atoms with Crippen LogP contribution in [-0.4, -0.2) is 35.5 Å². The fourth-order valence-electron chi connectivity index (χ4n) is 2.93. The van der Waals surface area contributed by atoms with Crippen molar-refractivity contribution in [2.75, 3.05) is 29.5 Å². The maximum absolute atomic E-state index is 12.3. The molecule has 2 aliphatic rings. The number of Topliss-reactive ketones (excluding diaryl/α,β-unsaturated/α-hetero) is 1. The van der Waals surface area contributed by atoms with Crippen LogP contribution >= 0.6 is 11.8 Å². The molecule has 4 rings (SSSR count). The molecule has 2 aromatic carbocycles. The molecule has 0 spiro atoms. The van der Waals surface area contributed by atoms with Gasteiger partial charge in [0.15, 0.2) is 5.76 Å². The molecule has 1 N–H and O–H groups in total. The summed E-state index contributed by atoms with van der Waals surface area (Å²) in [6.45, 7) is 2.15. The van der Waals surface area contributed by atoms with Crippen LogP contribution in [0.1, 0.15) is 15.9 Å². The average Bonchev–Trinajstić information content (AvgIpc) is 2.91. The van der Waals surface area contributed by atoms with E-state index in [0.717, 1.165) is 18.7 Å². The zero-order chi connectivity index (χ0) is 16.5. The minimum Gasteiger partial charge on any atom is -0.508 e. The van der Waals surface area contributed by atoms with Crippen molar-refractivity contribution in [1.82, 2.24) is 0 Å². The van der Waals surface area contributed by atoms with Crippen LogP contribution < -0.4 is 9.64 Å². The van der Waals surface area contributed by atoms with Gasteiger partial charge in [-0.15, -0.1) is 0 Å². The molecule has 2 heterocycles. The van der Waals surface area contributed by atoms with E-state index < -0.39 is 0 Å². The lowest BCUT2D eigenvalue weighted by Crippen LogP contribution is -2.32. The third-order valence-corrected chi connectivity index (χ3v) is 5.16. The first-order chi connectivity index (χ1) is 11.7. The number of ketones is 1. The molecule has 1 saturated heterocycles. The Morgan fingerprint density at radius 3 is 2.58 bits per heavy atom. The number of carbonyl (C=O) groups excluding carboxylic acids is 1. The van der Waals surface area contributed by atoms with Gasteiger partial charge in [-0.2, -0.15) is 11.8 Å². The third-order valence-electron chi connectivity index (χ3n) is 4.22. The molecule has 122 valence electrons. The molecule has 0 unspecified atom stereocenters. The van der Waals surface area contributed by atoms with Crippen LogP contribution in [0.2, 0.25) is 0 Å². The highest BCUT2D eigenvalue weighted by Gasteiger charge is 2.27. The van der Waals surface area contributed by atoms with Crippen LogP contribution in [0.15, 0.2) is 48.2 Å². The summed E-state index contributed by atoms with van der Waals surface area (Å²) in [4.78, 5) is 14.7. The predicted octanol–water partition coefficient (Wildman–Crippen LogP) is 3.56. The molecule has 0 saturated carbocycles. The first kappa shape index (κ1) is 15.1. The van der Waals surface area contributed by atoms with E-state index >= 15 is 0 Å². The number of phenolic OH excluding ortho intramolecular Hbond substituents is 1. The first-order valence-corrected chi connectivity index (χ1v) is 9.06. The molecule has 1 fully saturated rings. The second kappa shape index (κ2) is 6.24. The average molecular weight is 339 g/mol. The number of rotatable bonds is 2. The Kier molecular flexibility index (Phi) is 3.94. The number of hydrogen-bond donors (Lipinski definition) is 1. The Bertz CT molecular complexity index is 808. The zero-order valence-corrected chi connectivity index (χ0v) is 13.9. The first-order valence-electron chi connectivity index (χ1n) is 7.91. The van der Waals surface area contributed by atoms with Crippen molar-refractivity contribution >= 4 is 29.3 Å². The van der Waals surface area contributed by atoms with Crippen LogP contribution in [-0.2, 0) is 0 Å². The van der Waals surface area contributed by atoms with Gasteiger partial charge in [-0.25, -0.2) is 0 Å². The number of ether oxygens (including phenoxy) is 1. The predicted molar refractivity (Wildman–Crippen MR) is 97.0 cm³/mol. The van der Waals surface area contributed by atoms with Gasteiger partial charge in [0.05, 0.1) is 5.56 Å². The van der Waals surface area contributed by atoms with Gasteiger partial charge in [-0.1, -0.05) is 12.1 Å². The van der Waals surface area contributed by atoms with E-state index in [1.54, 1.807) is 12.1 Å². The molecule has 2 aliphatic heterocycles. The monoisotopic (exact) mass is 339 g/mol. The highest BCUT2D eigenvalue weighted by atomic mass is 32.2. The minimum absolute atomic E-state index is 0.0897. The molecular weight excluding hydrogens is 322 g/mol. The quantitative estimate of drug-likeness (QED) is 0.848. The molecular formula is C19H17NO3S. The molecule has 0 radical (unpaired) electrons. The Balaban J connectivity index is 1.55. The third kappa shape index (κ3) is 2.87. The van der Waals surface area contributed by atoms with Crippen molar-refractivity contribution in [3.05, 3.63) is 59.4 Å². The number of phenols is 1.